The molecule has 0 rings (SSSR count). The van der Waals surface area contributed by atoms with Crippen LogP contribution in [0.1, 0.15) is 52.4 Å². The minimum absolute atomic E-state index is 0.776. The number of unbranched alkanes of at least 4 members (excludes halogenated alkanes) is 4. The second-order valence-electron chi connectivity index (χ2n) is 3.94. The minimum Gasteiger partial charge on any atom is -0.302 e. The second-order valence-corrected chi connectivity index (χ2v) is 4.32. The van der Waals surface area contributed by atoms with Gasteiger partial charge in [-0.05, 0) is 25.9 Å². The molecule has 0 aromatic carbocycles. The van der Waals surface area contributed by atoms with E-state index >= 15 is 0 Å². The normalized spacial score (nSPS) is 11.1. The highest BCUT2D eigenvalue weighted by Crippen LogP contribution is 2.02. The molecule has 0 aromatic heterocycles. The fourth-order valence-electron chi connectivity index (χ4n) is 1.63. The van der Waals surface area contributed by atoms with E-state index in [1.807, 2.05) is 0 Å². The van der Waals surface area contributed by atoms with Gasteiger partial charge in [0.1, 0.15) is 0 Å². The topological polar surface area (TPSA) is 3.24 Å². The van der Waals surface area contributed by atoms with E-state index in [9.17, 15) is 0 Å². The van der Waals surface area contributed by atoms with Crippen LogP contribution >= 0.6 is 11.6 Å². The third-order valence-corrected chi connectivity index (χ3v) is 2.73. The summed E-state index contributed by atoms with van der Waals surface area (Å²) in [6.07, 6.45) is 7.99. The Kier molecular flexibility index (Phi) is 11.5. The van der Waals surface area contributed by atoms with Crippen molar-refractivity contribution in [2.75, 3.05) is 25.5 Å². The van der Waals surface area contributed by atoms with Gasteiger partial charge < -0.3 is 4.90 Å². The molecule has 0 amide bonds. The third-order valence-electron chi connectivity index (χ3n) is 2.56. The minimum atomic E-state index is 0.776. The van der Waals surface area contributed by atoms with Gasteiger partial charge in [0, 0.05) is 12.4 Å². The van der Waals surface area contributed by atoms with Gasteiger partial charge in [-0.2, -0.15) is 0 Å². The van der Waals surface area contributed by atoms with E-state index in [2.05, 4.69) is 18.7 Å². The molecule has 86 valence electrons. The monoisotopic (exact) mass is 219 g/mol. The number of hydrogen-bond donors (Lipinski definition) is 0. The number of halogens is 1. The van der Waals surface area contributed by atoms with Gasteiger partial charge in [-0.1, -0.05) is 39.5 Å². The first kappa shape index (κ1) is 14.2. The van der Waals surface area contributed by atoms with Gasteiger partial charge in [0.2, 0.25) is 0 Å². The van der Waals surface area contributed by atoms with Crippen molar-refractivity contribution in [3.05, 3.63) is 0 Å². The van der Waals surface area contributed by atoms with Crippen molar-refractivity contribution in [2.24, 2.45) is 0 Å². The average molecular weight is 220 g/mol. The summed E-state index contributed by atoms with van der Waals surface area (Å²) in [6.45, 7) is 8.05. The predicted octanol–water partition coefficient (Wildman–Crippen LogP) is 3.91. The molecule has 0 unspecified atom stereocenters. The van der Waals surface area contributed by atoms with Crippen LogP contribution in [0.5, 0.6) is 0 Å². The summed E-state index contributed by atoms with van der Waals surface area (Å²) in [7, 11) is 0. The van der Waals surface area contributed by atoms with Crippen molar-refractivity contribution in [1.82, 2.24) is 4.90 Å². The van der Waals surface area contributed by atoms with Crippen LogP contribution in [0.3, 0.4) is 0 Å². The van der Waals surface area contributed by atoms with Crippen LogP contribution < -0.4 is 0 Å². The van der Waals surface area contributed by atoms with Gasteiger partial charge in [-0.25, -0.2) is 0 Å². The van der Waals surface area contributed by atoms with Crippen LogP contribution in [-0.4, -0.2) is 30.4 Å². The second kappa shape index (κ2) is 11.3. The highest BCUT2D eigenvalue weighted by molar-refractivity contribution is 6.18. The van der Waals surface area contributed by atoms with Crippen molar-refractivity contribution >= 4 is 11.6 Å². The van der Waals surface area contributed by atoms with E-state index in [0.717, 1.165) is 12.4 Å². The third kappa shape index (κ3) is 8.83. The molecule has 0 fully saturated rings. The molecule has 0 heterocycles. The van der Waals surface area contributed by atoms with Crippen molar-refractivity contribution in [1.29, 1.82) is 0 Å². The van der Waals surface area contributed by atoms with E-state index in [0.29, 0.717) is 0 Å². The van der Waals surface area contributed by atoms with E-state index < -0.39 is 0 Å². The molecular formula is C12H26ClN. The smallest absolute Gasteiger partial charge is 0.0351 e. The lowest BCUT2D eigenvalue weighted by Gasteiger charge is -2.20. The van der Waals surface area contributed by atoms with Crippen molar-refractivity contribution in [3.63, 3.8) is 0 Å². The Balaban J connectivity index is 3.44. The van der Waals surface area contributed by atoms with Gasteiger partial charge in [0.05, 0.1) is 0 Å². The Hall–Kier alpha value is 0.250. The molecule has 0 saturated carbocycles. The van der Waals surface area contributed by atoms with Crippen LogP contribution in [0.2, 0.25) is 0 Å². The zero-order chi connectivity index (χ0) is 10.6. The first-order valence-corrected chi connectivity index (χ1v) is 6.66. The summed E-state index contributed by atoms with van der Waals surface area (Å²) < 4.78 is 0. The van der Waals surface area contributed by atoms with Gasteiger partial charge in [0.25, 0.3) is 0 Å². The molecule has 0 N–H and O–H groups in total. The van der Waals surface area contributed by atoms with E-state index in [4.69, 9.17) is 11.6 Å². The standard InChI is InChI=1S/C12H26ClN/c1-3-5-7-10-14(12-9-13)11-8-6-4-2/h3-12H2,1-2H3. The number of hydrogen-bond acceptors (Lipinski definition) is 1. The van der Waals surface area contributed by atoms with Crippen LogP contribution in [0.4, 0.5) is 0 Å². The summed E-state index contributed by atoms with van der Waals surface area (Å²) in [5.41, 5.74) is 0. The van der Waals surface area contributed by atoms with Crippen molar-refractivity contribution in [3.8, 4) is 0 Å². The van der Waals surface area contributed by atoms with Crippen LogP contribution in [-0.2, 0) is 0 Å². The Morgan fingerprint density at radius 1 is 0.786 bits per heavy atom. The fraction of sp³-hybridized carbons (Fsp3) is 1.00. The molecule has 0 atom stereocenters. The largest absolute Gasteiger partial charge is 0.302 e. The molecule has 0 aliphatic carbocycles. The van der Waals surface area contributed by atoms with Crippen LogP contribution in [0, 0.1) is 0 Å². The fourth-order valence-corrected chi connectivity index (χ4v) is 1.86. The van der Waals surface area contributed by atoms with Crippen LogP contribution in [0.15, 0.2) is 0 Å². The quantitative estimate of drug-likeness (QED) is 0.398. The maximum absolute atomic E-state index is 5.78. The summed E-state index contributed by atoms with van der Waals surface area (Å²) in [4.78, 5) is 2.51. The van der Waals surface area contributed by atoms with Crippen molar-refractivity contribution < 1.29 is 0 Å². The SMILES string of the molecule is CCCCCN(CCCl)CCCCC. The lowest BCUT2D eigenvalue weighted by Crippen LogP contribution is -2.28. The van der Waals surface area contributed by atoms with E-state index in [-0.39, 0.29) is 0 Å². The molecule has 0 bridgehead atoms. The molecule has 14 heavy (non-hydrogen) atoms. The molecule has 0 radical (unpaired) electrons. The highest BCUT2D eigenvalue weighted by atomic mass is 35.5. The lowest BCUT2D eigenvalue weighted by molar-refractivity contribution is 0.277. The first-order chi connectivity index (χ1) is 6.85. The molecule has 0 aliphatic rings. The first-order valence-electron chi connectivity index (χ1n) is 6.13. The van der Waals surface area contributed by atoms with Crippen molar-refractivity contribution in [2.45, 2.75) is 52.4 Å². The Morgan fingerprint density at radius 2 is 1.29 bits per heavy atom. The Morgan fingerprint density at radius 3 is 1.64 bits per heavy atom. The predicted molar refractivity (Wildman–Crippen MR) is 66.2 cm³/mol. The highest BCUT2D eigenvalue weighted by Gasteiger charge is 2.02. The summed E-state index contributed by atoms with van der Waals surface area (Å²) in [5, 5.41) is 0. The maximum Gasteiger partial charge on any atom is 0.0351 e. The Bertz CT molecular complexity index is 96.5. The van der Waals surface area contributed by atoms with E-state index in [1.54, 1.807) is 0 Å². The van der Waals surface area contributed by atoms with Crippen LogP contribution in [0.25, 0.3) is 0 Å². The summed E-state index contributed by atoms with van der Waals surface area (Å²) >= 11 is 5.78. The number of nitrogens with zero attached hydrogens (tertiary/aromatic N) is 1. The molecule has 0 saturated heterocycles. The average Bonchev–Trinajstić information content (AvgIpc) is 2.18. The lowest BCUT2D eigenvalue weighted by atomic mass is 10.2. The molecule has 0 aromatic rings. The molecule has 0 spiro atoms. The van der Waals surface area contributed by atoms with Gasteiger partial charge in [-0.15, -0.1) is 11.6 Å². The summed E-state index contributed by atoms with van der Waals surface area (Å²) in [6, 6.07) is 0. The molecule has 0 aliphatic heterocycles. The molecule has 2 heteroatoms. The van der Waals surface area contributed by atoms with Gasteiger partial charge >= 0.3 is 0 Å². The maximum atomic E-state index is 5.78. The van der Waals surface area contributed by atoms with Gasteiger partial charge in [-0.3, -0.25) is 0 Å². The summed E-state index contributed by atoms with van der Waals surface area (Å²) in [5.74, 6) is 0.776. The molecule has 1 nitrogen and oxygen atoms in total. The zero-order valence-corrected chi connectivity index (χ0v) is 10.7. The number of alkyl halides is 1. The zero-order valence-electron chi connectivity index (χ0n) is 9.90. The molecular weight excluding hydrogens is 194 g/mol. The van der Waals surface area contributed by atoms with Gasteiger partial charge in [0.15, 0.2) is 0 Å². The van der Waals surface area contributed by atoms with E-state index in [1.165, 1.54) is 51.6 Å². The number of rotatable bonds is 10. The Labute approximate surface area is 94.8 Å².